The van der Waals surface area contributed by atoms with Crippen LogP contribution in [0.3, 0.4) is 0 Å². The molecule has 1 heterocycles. The number of hydrogen-bond donors (Lipinski definition) is 2. The van der Waals surface area contributed by atoms with Crippen molar-refractivity contribution in [3.63, 3.8) is 0 Å². The summed E-state index contributed by atoms with van der Waals surface area (Å²) in [5, 5.41) is 2.43. The standard InChI is InChI=1S/C12H11N5O/c13-12(16-9-4-2-1-3-5-9)17-11(18)10-8-14-6-7-15-10/h1-8H,(H3,13,16,17,18). The van der Waals surface area contributed by atoms with Gasteiger partial charge < -0.3 is 5.73 Å². The molecule has 2 aromatic rings. The largest absolute Gasteiger partial charge is 0.369 e. The van der Waals surface area contributed by atoms with E-state index < -0.39 is 5.91 Å². The van der Waals surface area contributed by atoms with Gasteiger partial charge >= 0.3 is 0 Å². The van der Waals surface area contributed by atoms with Crippen LogP contribution in [0, 0.1) is 0 Å². The van der Waals surface area contributed by atoms with E-state index in [1.54, 1.807) is 12.1 Å². The Morgan fingerprint density at radius 1 is 1.22 bits per heavy atom. The Morgan fingerprint density at radius 2 is 2.00 bits per heavy atom. The molecular weight excluding hydrogens is 230 g/mol. The molecule has 0 aliphatic carbocycles. The van der Waals surface area contributed by atoms with Crippen molar-refractivity contribution in [2.45, 2.75) is 0 Å². The van der Waals surface area contributed by atoms with Crippen molar-refractivity contribution in [2.75, 3.05) is 0 Å². The lowest BCUT2D eigenvalue weighted by atomic mass is 10.3. The number of rotatable bonds is 2. The number of hydrogen-bond acceptors (Lipinski definition) is 4. The SMILES string of the molecule is NC(=Nc1ccccc1)NC(=O)c1cnccn1. The normalized spacial score (nSPS) is 11.0. The molecule has 1 aromatic heterocycles. The summed E-state index contributed by atoms with van der Waals surface area (Å²) in [7, 11) is 0. The molecule has 0 aliphatic heterocycles. The van der Waals surface area contributed by atoms with Gasteiger partial charge in [-0.25, -0.2) is 9.98 Å². The van der Waals surface area contributed by atoms with E-state index in [4.69, 9.17) is 5.73 Å². The van der Waals surface area contributed by atoms with E-state index in [1.807, 2.05) is 18.2 Å². The van der Waals surface area contributed by atoms with Crippen molar-refractivity contribution in [2.24, 2.45) is 10.7 Å². The third-order valence-electron chi connectivity index (χ3n) is 2.04. The van der Waals surface area contributed by atoms with Crippen molar-refractivity contribution in [1.82, 2.24) is 15.3 Å². The van der Waals surface area contributed by atoms with Crippen LogP contribution >= 0.6 is 0 Å². The number of aliphatic imine (C=N–C) groups is 1. The van der Waals surface area contributed by atoms with E-state index in [0.29, 0.717) is 5.69 Å². The van der Waals surface area contributed by atoms with Crippen LogP contribution < -0.4 is 11.1 Å². The second-order valence-electron chi connectivity index (χ2n) is 3.38. The molecule has 0 saturated carbocycles. The van der Waals surface area contributed by atoms with Gasteiger partial charge in [-0.1, -0.05) is 18.2 Å². The van der Waals surface area contributed by atoms with Gasteiger partial charge in [-0.05, 0) is 12.1 Å². The maximum absolute atomic E-state index is 11.7. The van der Waals surface area contributed by atoms with Gasteiger partial charge in [-0.15, -0.1) is 0 Å². The molecule has 18 heavy (non-hydrogen) atoms. The molecule has 0 atom stereocenters. The Bertz CT molecular complexity index is 553. The predicted octanol–water partition coefficient (Wildman–Crippen LogP) is 0.853. The summed E-state index contributed by atoms with van der Waals surface area (Å²) < 4.78 is 0. The second-order valence-corrected chi connectivity index (χ2v) is 3.38. The molecule has 0 spiro atoms. The number of carbonyl (C=O) groups is 1. The fraction of sp³-hybridized carbons (Fsp3) is 0. The molecular formula is C12H11N5O. The molecule has 0 unspecified atom stereocenters. The van der Waals surface area contributed by atoms with Crippen LogP contribution in [0.5, 0.6) is 0 Å². The lowest BCUT2D eigenvalue weighted by Crippen LogP contribution is -2.36. The predicted molar refractivity (Wildman–Crippen MR) is 67.2 cm³/mol. The molecule has 6 heteroatoms. The van der Waals surface area contributed by atoms with Crippen LogP contribution in [0.2, 0.25) is 0 Å². The van der Waals surface area contributed by atoms with Crippen LogP contribution in [0.4, 0.5) is 5.69 Å². The third-order valence-corrected chi connectivity index (χ3v) is 2.04. The molecule has 0 saturated heterocycles. The fourth-order valence-electron chi connectivity index (χ4n) is 1.27. The summed E-state index contributed by atoms with van der Waals surface area (Å²) in [4.78, 5) is 23.4. The Balaban J connectivity index is 2.06. The van der Waals surface area contributed by atoms with E-state index in [0.717, 1.165) is 0 Å². The Labute approximate surface area is 104 Å². The van der Waals surface area contributed by atoms with Crippen molar-refractivity contribution in [3.8, 4) is 0 Å². The summed E-state index contributed by atoms with van der Waals surface area (Å²) in [6.45, 7) is 0. The summed E-state index contributed by atoms with van der Waals surface area (Å²) in [5.74, 6) is -0.433. The minimum Gasteiger partial charge on any atom is -0.369 e. The first-order valence-electron chi connectivity index (χ1n) is 5.22. The number of para-hydroxylation sites is 1. The van der Waals surface area contributed by atoms with Crippen LogP contribution in [0.25, 0.3) is 0 Å². The first-order chi connectivity index (χ1) is 8.75. The van der Waals surface area contributed by atoms with E-state index in [9.17, 15) is 4.79 Å². The molecule has 2 rings (SSSR count). The molecule has 3 N–H and O–H groups in total. The Kier molecular flexibility index (Phi) is 3.60. The smallest absolute Gasteiger partial charge is 0.278 e. The van der Waals surface area contributed by atoms with Crippen LogP contribution in [0.15, 0.2) is 53.9 Å². The fourth-order valence-corrected chi connectivity index (χ4v) is 1.27. The summed E-state index contributed by atoms with van der Waals surface area (Å²) in [5.41, 5.74) is 6.46. The number of nitrogens with zero attached hydrogens (tertiary/aromatic N) is 3. The minimum atomic E-state index is -0.444. The van der Waals surface area contributed by atoms with E-state index in [1.165, 1.54) is 18.6 Å². The first-order valence-corrected chi connectivity index (χ1v) is 5.22. The molecule has 0 radical (unpaired) electrons. The van der Waals surface area contributed by atoms with Crippen molar-refractivity contribution < 1.29 is 4.79 Å². The number of benzene rings is 1. The van der Waals surface area contributed by atoms with Crippen LogP contribution in [-0.2, 0) is 0 Å². The highest BCUT2D eigenvalue weighted by atomic mass is 16.2. The molecule has 90 valence electrons. The summed E-state index contributed by atoms with van der Waals surface area (Å²) in [6.07, 6.45) is 4.27. The Morgan fingerprint density at radius 3 is 2.67 bits per heavy atom. The lowest BCUT2D eigenvalue weighted by Gasteiger charge is -2.03. The van der Waals surface area contributed by atoms with Gasteiger partial charge in [0.25, 0.3) is 5.91 Å². The van der Waals surface area contributed by atoms with Crippen molar-refractivity contribution in [1.29, 1.82) is 0 Å². The number of aromatic nitrogens is 2. The van der Waals surface area contributed by atoms with Gasteiger partial charge in [-0.2, -0.15) is 0 Å². The van der Waals surface area contributed by atoms with Crippen molar-refractivity contribution >= 4 is 17.6 Å². The highest BCUT2D eigenvalue weighted by molar-refractivity contribution is 6.04. The van der Waals surface area contributed by atoms with Gasteiger partial charge in [0.2, 0.25) is 5.96 Å². The minimum absolute atomic E-state index is 0.0110. The van der Waals surface area contributed by atoms with Gasteiger partial charge in [0.15, 0.2) is 0 Å². The van der Waals surface area contributed by atoms with Gasteiger partial charge in [0, 0.05) is 12.4 Å². The zero-order chi connectivity index (χ0) is 12.8. The third kappa shape index (κ3) is 3.11. The highest BCUT2D eigenvalue weighted by Crippen LogP contribution is 2.08. The highest BCUT2D eigenvalue weighted by Gasteiger charge is 2.07. The molecule has 0 aliphatic rings. The summed E-state index contributed by atoms with van der Waals surface area (Å²) in [6, 6.07) is 9.09. The lowest BCUT2D eigenvalue weighted by molar-refractivity contribution is 0.0971. The molecule has 0 fully saturated rings. The number of carbonyl (C=O) groups excluding carboxylic acids is 1. The monoisotopic (exact) mass is 241 g/mol. The topological polar surface area (TPSA) is 93.3 Å². The van der Waals surface area contributed by atoms with Crippen molar-refractivity contribution in [3.05, 3.63) is 54.6 Å². The zero-order valence-electron chi connectivity index (χ0n) is 9.45. The summed E-state index contributed by atoms with van der Waals surface area (Å²) >= 11 is 0. The average Bonchev–Trinajstić information content (AvgIpc) is 2.40. The zero-order valence-corrected chi connectivity index (χ0v) is 9.45. The molecule has 0 bridgehead atoms. The number of amides is 1. The van der Waals surface area contributed by atoms with Crippen LogP contribution in [0.1, 0.15) is 10.5 Å². The van der Waals surface area contributed by atoms with E-state index in [2.05, 4.69) is 20.3 Å². The number of guanidine groups is 1. The van der Waals surface area contributed by atoms with E-state index in [-0.39, 0.29) is 11.7 Å². The van der Waals surface area contributed by atoms with Crippen LogP contribution in [-0.4, -0.2) is 21.8 Å². The number of nitrogens with two attached hydrogens (primary N) is 1. The number of nitrogens with one attached hydrogen (secondary N) is 1. The quantitative estimate of drug-likeness (QED) is 0.602. The van der Waals surface area contributed by atoms with Gasteiger partial charge in [-0.3, -0.25) is 15.1 Å². The second kappa shape index (κ2) is 5.53. The first kappa shape index (κ1) is 11.7. The van der Waals surface area contributed by atoms with Gasteiger partial charge in [0.1, 0.15) is 5.69 Å². The Hall–Kier alpha value is -2.76. The molecule has 1 amide bonds. The average molecular weight is 241 g/mol. The molecule has 6 nitrogen and oxygen atoms in total. The van der Waals surface area contributed by atoms with Gasteiger partial charge in [0.05, 0.1) is 11.9 Å². The maximum atomic E-state index is 11.7. The molecule has 1 aromatic carbocycles. The maximum Gasteiger partial charge on any atom is 0.278 e. The van der Waals surface area contributed by atoms with E-state index >= 15 is 0 Å².